The van der Waals surface area contributed by atoms with Gasteiger partial charge in [0.2, 0.25) is 0 Å². The number of methoxy groups -OCH3 is 1. The zero-order valence-corrected chi connectivity index (χ0v) is 6.31. The molecule has 0 radical (unpaired) electrons. The first kappa shape index (κ1) is 8.47. The Morgan fingerprint density at radius 1 is 1.67 bits per heavy atom. The average molecular weight is 130 g/mol. The predicted molar refractivity (Wildman–Crippen MR) is 36.1 cm³/mol. The van der Waals surface area contributed by atoms with Crippen molar-refractivity contribution in [3.05, 3.63) is 0 Å². The summed E-state index contributed by atoms with van der Waals surface area (Å²) in [6.45, 7) is 3.94. The van der Waals surface area contributed by atoms with Crippen LogP contribution in [0.1, 0.15) is 26.7 Å². The van der Waals surface area contributed by atoms with E-state index in [0.717, 1.165) is 12.8 Å². The standard InChI is InChI=1S/C7H14O2/c1-4-5-6(2)7(8)9-3/h6H,4-5H2,1-3H3/t6-/m1/s1. The zero-order chi connectivity index (χ0) is 7.28. The number of carbonyl (C=O) groups excluding carboxylic acids is 1. The maximum absolute atomic E-state index is 10.7. The van der Waals surface area contributed by atoms with Crippen molar-refractivity contribution in [1.29, 1.82) is 0 Å². The van der Waals surface area contributed by atoms with Gasteiger partial charge in [0.15, 0.2) is 0 Å². The van der Waals surface area contributed by atoms with Crippen LogP contribution in [0.25, 0.3) is 0 Å². The molecule has 0 aliphatic rings. The van der Waals surface area contributed by atoms with Gasteiger partial charge < -0.3 is 4.74 Å². The number of hydrogen-bond acceptors (Lipinski definition) is 2. The van der Waals surface area contributed by atoms with Gasteiger partial charge in [0.1, 0.15) is 0 Å². The molecule has 54 valence electrons. The summed E-state index contributed by atoms with van der Waals surface area (Å²) in [6.07, 6.45) is 1.96. The van der Waals surface area contributed by atoms with Crippen LogP contribution in [0, 0.1) is 5.92 Å². The van der Waals surface area contributed by atoms with Crippen LogP contribution in [0.4, 0.5) is 0 Å². The number of hydrogen-bond donors (Lipinski definition) is 0. The summed E-state index contributed by atoms with van der Waals surface area (Å²) >= 11 is 0. The normalized spacial score (nSPS) is 12.8. The summed E-state index contributed by atoms with van der Waals surface area (Å²) in [5, 5.41) is 0. The molecule has 0 aromatic heterocycles. The Bertz CT molecular complexity index is 88.9. The number of carbonyl (C=O) groups is 1. The molecule has 2 nitrogen and oxygen atoms in total. The second-order valence-electron chi connectivity index (χ2n) is 2.21. The van der Waals surface area contributed by atoms with E-state index in [4.69, 9.17) is 0 Å². The highest BCUT2D eigenvalue weighted by Gasteiger charge is 2.10. The van der Waals surface area contributed by atoms with Crippen molar-refractivity contribution in [2.75, 3.05) is 7.11 Å². The van der Waals surface area contributed by atoms with Crippen molar-refractivity contribution in [3.8, 4) is 0 Å². The van der Waals surface area contributed by atoms with Crippen molar-refractivity contribution in [2.45, 2.75) is 26.7 Å². The van der Waals surface area contributed by atoms with Gasteiger partial charge in [-0.25, -0.2) is 0 Å². The molecule has 0 saturated carbocycles. The molecule has 0 unspecified atom stereocenters. The fourth-order valence-electron chi connectivity index (χ4n) is 0.752. The van der Waals surface area contributed by atoms with E-state index < -0.39 is 0 Å². The fourth-order valence-corrected chi connectivity index (χ4v) is 0.752. The Morgan fingerprint density at radius 3 is 2.56 bits per heavy atom. The second-order valence-corrected chi connectivity index (χ2v) is 2.21. The monoisotopic (exact) mass is 130 g/mol. The third-order valence-electron chi connectivity index (χ3n) is 1.33. The highest BCUT2D eigenvalue weighted by molar-refractivity contribution is 5.71. The number of esters is 1. The van der Waals surface area contributed by atoms with E-state index in [-0.39, 0.29) is 11.9 Å². The first-order chi connectivity index (χ1) is 4.22. The maximum Gasteiger partial charge on any atom is 0.308 e. The van der Waals surface area contributed by atoms with E-state index in [0.29, 0.717) is 0 Å². The van der Waals surface area contributed by atoms with Crippen LogP contribution in [0.5, 0.6) is 0 Å². The third kappa shape index (κ3) is 3.12. The van der Waals surface area contributed by atoms with Gasteiger partial charge in [0, 0.05) is 0 Å². The molecule has 0 aromatic carbocycles. The van der Waals surface area contributed by atoms with Gasteiger partial charge in [0.25, 0.3) is 0 Å². The molecular weight excluding hydrogens is 116 g/mol. The molecule has 0 aliphatic carbocycles. The molecule has 9 heavy (non-hydrogen) atoms. The molecule has 2 heteroatoms. The maximum atomic E-state index is 10.7. The van der Waals surface area contributed by atoms with Gasteiger partial charge in [0.05, 0.1) is 13.0 Å². The Morgan fingerprint density at radius 2 is 2.22 bits per heavy atom. The van der Waals surface area contributed by atoms with Gasteiger partial charge in [-0.2, -0.15) is 0 Å². The SMILES string of the molecule is CCC[C@@H](C)C(=O)OC. The lowest BCUT2D eigenvalue weighted by Crippen LogP contribution is -2.11. The van der Waals surface area contributed by atoms with E-state index in [1.807, 2.05) is 6.92 Å². The molecule has 0 heterocycles. The van der Waals surface area contributed by atoms with E-state index in [1.165, 1.54) is 7.11 Å². The summed E-state index contributed by atoms with van der Waals surface area (Å²) in [4.78, 5) is 10.7. The summed E-state index contributed by atoms with van der Waals surface area (Å²) < 4.78 is 4.53. The number of ether oxygens (including phenoxy) is 1. The minimum absolute atomic E-state index is 0.0694. The van der Waals surface area contributed by atoms with Crippen molar-refractivity contribution >= 4 is 5.97 Å². The summed E-state index contributed by atoms with van der Waals surface area (Å²) in [7, 11) is 1.43. The Kier molecular flexibility index (Phi) is 4.10. The van der Waals surface area contributed by atoms with Gasteiger partial charge in [-0.15, -0.1) is 0 Å². The van der Waals surface area contributed by atoms with E-state index >= 15 is 0 Å². The molecule has 1 atom stereocenters. The largest absolute Gasteiger partial charge is 0.469 e. The molecule has 0 aromatic rings. The van der Waals surface area contributed by atoms with Crippen LogP contribution in [0.2, 0.25) is 0 Å². The third-order valence-corrected chi connectivity index (χ3v) is 1.33. The van der Waals surface area contributed by atoms with Crippen molar-refractivity contribution in [3.63, 3.8) is 0 Å². The van der Waals surface area contributed by atoms with Crippen LogP contribution in [-0.4, -0.2) is 13.1 Å². The molecule has 0 saturated heterocycles. The number of rotatable bonds is 3. The van der Waals surface area contributed by atoms with E-state index in [1.54, 1.807) is 0 Å². The Labute approximate surface area is 56.2 Å². The van der Waals surface area contributed by atoms with Gasteiger partial charge in [-0.05, 0) is 6.42 Å². The Balaban J connectivity index is 3.45. The zero-order valence-electron chi connectivity index (χ0n) is 6.31. The van der Waals surface area contributed by atoms with Crippen LogP contribution in [0.15, 0.2) is 0 Å². The van der Waals surface area contributed by atoms with E-state index in [2.05, 4.69) is 11.7 Å². The minimum Gasteiger partial charge on any atom is -0.469 e. The molecule has 0 rings (SSSR count). The lowest BCUT2D eigenvalue weighted by molar-refractivity contribution is -0.145. The van der Waals surface area contributed by atoms with Crippen LogP contribution in [-0.2, 0) is 9.53 Å². The first-order valence-electron chi connectivity index (χ1n) is 3.30. The minimum atomic E-state index is -0.100. The quantitative estimate of drug-likeness (QED) is 0.542. The first-order valence-corrected chi connectivity index (χ1v) is 3.30. The average Bonchev–Trinajstić information content (AvgIpc) is 1.87. The van der Waals surface area contributed by atoms with Crippen molar-refractivity contribution in [2.24, 2.45) is 5.92 Å². The molecule has 0 bridgehead atoms. The van der Waals surface area contributed by atoms with Gasteiger partial charge in [-0.3, -0.25) is 4.79 Å². The van der Waals surface area contributed by atoms with E-state index in [9.17, 15) is 4.79 Å². The lowest BCUT2D eigenvalue weighted by atomic mass is 10.1. The van der Waals surface area contributed by atoms with Crippen molar-refractivity contribution < 1.29 is 9.53 Å². The highest BCUT2D eigenvalue weighted by Crippen LogP contribution is 2.05. The molecule has 0 spiro atoms. The van der Waals surface area contributed by atoms with Crippen LogP contribution < -0.4 is 0 Å². The Hall–Kier alpha value is -0.530. The summed E-state index contributed by atoms with van der Waals surface area (Å²) in [5.41, 5.74) is 0. The molecule has 0 fully saturated rings. The molecule has 0 N–H and O–H groups in total. The molecule has 0 amide bonds. The predicted octanol–water partition coefficient (Wildman–Crippen LogP) is 1.60. The second kappa shape index (κ2) is 4.36. The smallest absolute Gasteiger partial charge is 0.308 e. The van der Waals surface area contributed by atoms with Crippen molar-refractivity contribution in [1.82, 2.24) is 0 Å². The van der Waals surface area contributed by atoms with Crippen LogP contribution in [0.3, 0.4) is 0 Å². The fraction of sp³-hybridized carbons (Fsp3) is 0.857. The lowest BCUT2D eigenvalue weighted by Gasteiger charge is -2.05. The van der Waals surface area contributed by atoms with Crippen LogP contribution >= 0.6 is 0 Å². The van der Waals surface area contributed by atoms with Gasteiger partial charge >= 0.3 is 5.97 Å². The summed E-state index contributed by atoms with van der Waals surface area (Å²) in [5.74, 6) is -0.0307. The highest BCUT2D eigenvalue weighted by atomic mass is 16.5. The topological polar surface area (TPSA) is 26.3 Å². The van der Waals surface area contributed by atoms with Gasteiger partial charge in [-0.1, -0.05) is 20.3 Å². The summed E-state index contributed by atoms with van der Waals surface area (Å²) in [6, 6.07) is 0. The molecular formula is C7H14O2. The molecule has 0 aliphatic heterocycles.